The lowest BCUT2D eigenvalue weighted by atomic mass is 10.0. The van der Waals surface area contributed by atoms with Crippen LogP contribution < -0.4 is 5.43 Å². The smallest absolute Gasteiger partial charge is 0.266 e. The fourth-order valence-corrected chi connectivity index (χ4v) is 3.69. The van der Waals surface area contributed by atoms with Crippen molar-refractivity contribution < 1.29 is 4.79 Å². The van der Waals surface area contributed by atoms with Gasteiger partial charge in [-0.1, -0.05) is 72.3 Å². The Hall–Kier alpha value is -2.51. The lowest BCUT2D eigenvalue weighted by Gasteiger charge is -2.05. The van der Waals surface area contributed by atoms with Crippen molar-refractivity contribution in [3.63, 3.8) is 0 Å². The molecule has 0 bridgehead atoms. The number of nitrogens with zero attached hydrogens (tertiary/aromatic N) is 3. The van der Waals surface area contributed by atoms with Crippen molar-refractivity contribution >= 4 is 50.1 Å². The molecule has 2 aromatic carbocycles. The number of nitrogens with one attached hydrogen (secondary N) is 1. The first-order valence-electron chi connectivity index (χ1n) is 9.91. The van der Waals surface area contributed by atoms with Crippen LogP contribution in [0.2, 0.25) is 0 Å². The lowest BCUT2D eigenvalue weighted by molar-refractivity contribution is 0.0948. The number of allylic oxidation sites excluding steroid dienone is 1. The van der Waals surface area contributed by atoms with E-state index in [0.29, 0.717) is 22.6 Å². The highest BCUT2D eigenvalue weighted by atomic mass is 79.9. The summed E-state index contributed by atoms with van der Waals surface area (Å²) < 4.78 is 3.36. The van der Waals surface area contributed by atoms with E-state index in [1.807, 2.05) is 37.3 Å². The second kappa shape index (κ2) is 10.7. The van der Waals surface area contributed by atoms with E-state index in [9.17, 15) is 4.79 Å². The lowest BCUT2D eigenvalue weighted by Crippen LogP contribution is -2.19. The molecule has 1 aromatic heterocycles. The minimum absolute atomic E-state index is 0.292. The molecule has 3 rings (SSSR count). The molecule has 5 nitrogen and oxygen atoms in total. The van der Waals surface area contributed by atoms with E-state index in [1.165, 1.54) is 5.56 Å². The van der Waals surface area contributed by atoms with E-state index in [2.05, 4.69) is 85.6 Å². The number of amides is 1. The zero-order valence-electron chi connectivity index (χ0n) is 17.6. The predicted molar refractivity (Wildman–Crippen MR) is 133 cm³/mol. The number of hydrazone groups is 1. The van der Waals surface area contributed by atoms with Crippen LogP contribution in [0.5, 0.6) is 0 Å². The number of benzene rings is 2. The number of hydrogen-bond donors (Lipinski definition) is 1. The van der Waals surface area contributed by atoms with Gasteiger partial charge in [0.2, 0.25) is 0 Å². The Labute approximate surface area is 199 Å². The molecule has 1 amide bonds. The summed E-state index contributed by atoms with van der Waals surface area (Å²) in [6, 6.07) is 16.4. The van der Waals surface area contributed by atoms with Gasteiger partial charge in [0, 0.05) is 10.7 Å². The molecule has 0 unspecified atom stereocenters. The number of halogens is 2. The Morgan fingerprint density at radius 1 is 1.13 bits per heavy atom. The Morgan fingerprint density at radius 2 is 1.81 bits per heavy atom. The van der Waals surface area contributed by atoms with Crippen molar-refractivity contribution in [1.29, 1.82) is 0 Å². The quantitative estimate of drug-likeness (QED) is 0.277. The number of hydrogen-bond acceptors (Lipinski definition) is 3. The van der Waals surface area contributed by atoms with E-state index >= 15 is 0 Å². The number of rotatable bonds is 7. The van der Waals surface area contributed by atoms with Gasteiger partial charge >= 0.3 is 0 Å². The van der Waals surface area contributed by atoms with Gasteiger partial charge in [-0.2, -0.15) is 10.2 Å². The van der Waals surface area contributed by atoms with Crippen LogP contribution in [0.4, 0.5) is 0 Å². The van der Waals surface area contributed by atoms with Gasteiger partial charge in [-0.3, -0.25) is 9.48 Å². The van der Waals surface area contributed by atoms with Crippen LogP contribution >= 0.6 is 31.9 Å². The summed E-state index contributed by atoms with van der Waals surface area (Å²) in [6.45, 7) is 6.86. The Bertz CT molecular complexity index is 1100. The van der Waals surface area contributed by atoms with E-state index < -0.39 is 0 Å². The summed E-state index contributed by atoms with van der Waals surface area (Å²) in [4.78, 5) is 12.5. The monoisotopic (exact) mass is 542 g/mol. The number of carbonyl (C=O) groups is 1. The van der Waals surface area contributed by atoms with Crippen molar-refractivity contribution in [3.05, 3.63) is 91.6 Å². The van der Waals surface area contributed by atoms with Crippen molar-refractivity contribution in [3.8, 4) is 0 Å². The van der Waals surface area contributed by atoms with Gasteiger partial charge in [-0.25, -0.2) is 5.43 Å². The highest BCUT2D eigenvalue weighted by Crippen LogP contribution is 2.18. The number of aromatic nitrogens is 2. The standard InChI is InChI=1S/C24H24Br2N4O/c1-16(2)20-8-4-18(5-9-20)12-17(3)13-27-28-24(31)23-22(26)15-30(29-23)14-19-6-10-21(25)11-7-19/h4-13,15-16H,14H2,1-3H3,(H,28,31)/b17-12+,27-13+. The molecule has 1 heterocycles. The second-order valence-electron chi connectivity index (χ2n) is 7.56. The zero-order valence-corrected chi connectivity index (χ0v) is 20.8. The summed E-state index contributed by atoms with van der Waals surface area (Å²) in [5.41, 5.74) is 7.25. The molecule has 0 aliphatic heterocycles. The summed E-state index contributed by atoms with van der Waals surface area (Å²) in [7, 11) is 0. The largest absolute Gasteiger partial charge is 0.293 e. The van der Waals surface area contributed by atoms with Gasteiger partial charge in [-0.05, 0) is 63.2 Å². The molecule has 0 atom stereocenters. The van der Waals surface area contributed by atoms with E-state index in [1.54, 1.807) is 17.1 Å². The third-order valence-electron chi connectivity index (χ3n) is 4.62. The second-order valence-corrected chi connectivity index (χ2v) is 9.33. The maximum Gasteiger partial charge on any atom is 0.293 e. The molecule has 0 spiro atoms. The molecule has 0 aliphatic rings. The number of carbonyl (C=O) groups excluding carboxylic acids is 1. The van der Waals surface area contributed by atoms with Crippen molar-refractivity contribution in [1.82, 2.24) is 15.2 Å². The molecular formula is C24H24Br2N4O. The molecular weight excluding hydrogens is 520 g/mol. The van der Waals surface area contributed by atoms with Crippen LogP contribution in [0.15, 0.2) is 74.3 Å². The topological polar surface area (TPSA) is 59.3 Å². The van der Waals surface area contributed by atoms with E-state index in [4.69, 9.17) is 0 Å². The van der Waals surface area contributed by atoms with Crippen molar-refractivity contribution in [2.45, 2.75) is 33.2 Å². The maximum atomic E-state index is 12.5. The summed E-state index contributed by atoms with van der Waals surface area (Å²) in [6.07, 6.45) is 5.43. The average Bonchev–Trinajstić information content (AvgIpc) is 3.10. The highest BCUT2D eigenvalue weighted by molar-refractivity contribution is 9.10. The highest BCUT2D eigenvalue weighted by Gasteiger charge is 2.14. The first kappa shape index (κ1) is 23.2. The van der Waals surface area contributed by atoms with Crippen molar-refractivity contribution in [2.24, 2.45) is 5.10 Å². The van der Waals surface area contributed by atoms with Crippen molar-refractivity contribution in [2.75, 3.05) is 0 Å². The molecule has 7 heteroatoms. The maximum absolute atomic E-state index is 12.5. The fourth-order valence-electron chi connectivity index (χ4n) is 2.93. The average molecular weight is 544 g/mol. The molecule has 0 aliphatic carbocycles. The van der Waals surface area contributed by atoms with Gasteiger partial charge in [0.05, 0.1) is 17.2 Å². The molecule has 31 heavy (non-hydrogen) atoms. The summed E-state index contributed by atoms with van der Waals surface area (Å²) in [5.74, 6) is 0.139. The van der Waals surface area contributed by atoms with E-state index in [-0.39, 0.29) is 5.91 Å². The zero-order chi connectivity index (χ0) is 22.4. The van der Waals surface area contributed by atoms with Crippen LogP contribution in [0.3, 0.4) is 0 Å². The van der Waals surface area contributed by atoms with Crippen LogP contribution in [0.1, 0.15) is 53.9 Å². The van der Waals surface area contributed by atoms with Gasteiger partial charge in [0.15, 0.2) is 5.69 Å². The SMILES string of the molecule is CC(/C=N/NC(=O)c1nn(Cc2ccc(Br)cc2)cc1Br)=C\c1ccc(C(C)C)cc1. The van der Waals surface area contributed by atoms with Crippen LogP contribution in [0, 0.1) is 0 Å². The molecule has 0 radical (unpaired) electrons. The Kier molecular flexibility index (Phi) is 7.98. The first-order valence-corrected chi connectivity index (χ1v) is 11.5. The van der Waals surface area contributed by atoms with Crippen LogP contribution in [-0.4, -0.2) is 21.9 Å². The van der Waals surface area contributed by atoms with Crippen LogP contribution in [0.25, 0.3) is 6.08 Å². The van der Waals surface area contributed by atoms with Gasteiger partial charge in [-0.15, -0.1) is 0 Å². The fraction of sp³-hybridized carbons (Fsp3) is 0.208. The first-order chi connectivity index (χ1) is 14.8. The predicted octanol–water partition coefficient (Wildman–Crippen LogP) is 6.40. The van der Waals surface area contributed by atoms with Gasteiger partial charge < -0.3 is 0 Å². The van der Waals surface area contributed by atoms with Gasteiger partial charge in [0.1, 0.15) is 0 Å². The Morgan fingerprint density at radius 3 is 2.45 bits per heavy atom. The third-order valence-corrected chi connectivity index (χ3v) is 5.73. The van der Waals surface area contributed by atoms with Gasteiger partial charge in [0.25, 0.3) is 5.91 Å². The third kappa shape index (κ3) is 6.74. The molecule has 1 N–H and O–H groups in total. The summed E-state index contributed by atoms with van der Waals surface area (Å²) in [5, 5.41) is 8.44. The molecule has 0 saturated heterocycles. The van der Waals surface area contributed by atoms with Crippen LogP contribution in [-0.2, 0) is 6.54 Å². The minimum Gasteiger partial charge on any atom is -0.266 e. The minimum atomic E-state index is -0.369. The molecule has 160 valence electrons. The summed E-state index contributed by atoms with van der Waals surface area (Å²) >= 11 is 6.83. The Balaban J connectivity index is 1.60. The molecule has 0 fully saturated rings. The molecule has 0 saturated carbocycles. The van der Waals surface area contributed by atoms with E-state index in [0.717, 1.165) is 21.2 Å². The normalized spacial score (nSPS) is 12.0. The molecule has 3 aromatic rings.